The van der Waals surface area contributed by atoms with Gasteiger partial charge in [-0.1, -0.05) is 96.8 Å². The molecule has 0 aliphatic rings. The second-order valence-electron chi connectivity index (χ2n) is 7.91. The van der Waals surface area contributed by atoms with Gasteiger partial charge in [-0.25, -0.2) is 0 Å². The molecule has 0 fully saturated rings. The van der Waals surface area contributed by atoms with E-state index in [0.29, 0.717) is 12.8 Å². The quantitative estimate of drug-likeness (QED) is 0.153. The zero-order chi connectivity index (χ0) is 24.0. The Labute approximate surface area is 190 Å². The Kier molecular flexibility index (Phi) is 38.1. The van der Waals surface area contributed by atoms with Crippen molar-refractivity contribution in [3.63, 3.8) is 0 Å². The molecule has 0 spiro atoms. The second kappa shape index (κ2) is 33.9. The van der Waals surface area contributed by atoms with Crippen LogP contribution in [0.15, 0.2) is 0 Å². The molecule has 0 radical (unpaired) electrons. The van der Waals surface area contributed by atoms with Crippen LogP contribution in [0.25, 0.3) is 0 Å². The molecule has 0 atom stereocenters. The molecule has 6 N–H and O–H groups in total. The Hall–Kier alpha value is -0.730. The normalized spacial score (nSPS) is 10.3. The number of aliphatic carboxylic acids is 1. The smallest absolute Gasteiger partial charge is 0.303 e. The topological polar surface area (TPSA) is 138 Å². The van der Waals surface area contributed by atoms with Gasteiger partial charge in [0.2, 0.25) is 0 Å². The lowest BCUT2D eigenvalue weighted by atomic mass is 10.0. The number of hydrogen-bond acceptors (Lipinski definition) is 6. The number of unbranched alkanes of at least 4 members (excludes halogenated alkanes) is 14. The van der Waals surface area contributed by atoms with E-state index in [1.54, 1.807) is 0 Å². The van der Waals surface area contributed by atoms with Crippen molar-refractivity contribution in [2.75, 3.05) is 26.4 Å². The Balaban J connectivity index is -0.000000583. The third-order valence-corrected chi connectivity index (χ3v) is 4.73. The van der Waals surface area contributed by atoms with Crippen LogP contribution in [0.5, 0.6) is 0 Å². The Morgan fingerprint density at radius 1 is 0.581 bits per heavy atom. The van der Waals surface area contributed by atoms with E-state index in [1.807, 2.05) is 0 Å². The van der Waals surface area contributed by atoms with Gasteiger partial charge in [0, 0.05) is 19.6 Å². The molecular weight excluding hydrogens is 400 g/mol. The van der Waals surface area contributed by atoms with Crippen LogP contribution < -0.4 is 0 Å². The summed E-state index contributed by atoms with van der Waals surface area (Å²) in [5.74, 6) is -0.653. The SMILES string of the molecule is CCCCCCCCCCCCCCCCCC(=O)O.OCC(O)CO.OCCCO. The molecular formula is C24H52O7. The minimum absolute atomic E-state index is 0.0938. The van der Waals surface area contributed by atoms with E-state index in [4.69, 9.17) is 30.6 Å². The largest absolute Gasteiger partial charge is 0.481 e. The van der Waals surface area contributed by atoms with Crippen LogP contribution in [-0.4, -0.2) is 69.1 Å². The Morgan fingerprint density at radius 2 is 0.903 bits per heavy atom. The van der Waals surface area contributed by atoms with Gasteiger partial charge in [0.05, 0.1) is 13.2 Å². The molecule has 7 nitrogen and oxygen atoms in total. The van der Waals surface area contributed by atoms with Crippen LogP contribution in [0.4, 0.5) is 0 Å². The minimum Gasteiger partial charge on any atom is -0.481 e. The van der Waals surface area contributed by atoms with E-state index in [-0.39, 0.29) is 26.4 Å². The molecule has 0 saturated heterocycles. The van der Waals surface area contributed by atoms with Gasteiger partial charge in [-0.15, -0.1) is 0 Å². The Morgan fingerprint density at radius 3 is 1.10 bits per heavy atom. The summed E-state index contributed by atoms with van der Waals surface area (Å²) in [4.78, 5) is 10.3. The molecule has 0 saturated carbocycles. The first-order valence-corrected chi connectivity index (χ1v) is 12.3. The van der Waals surface area contributed by atoms with Crippen molar-refractivity contribution < 1.29 is 35.4 Å². The van der Waals surface area contributed by atoms with Crippen molar-refractivity contribution >= 4 is 5.97 Å². The first kappa shape index (κ1) is 34.9. The fraction of sp³-hybridized carbons (Fsp3) is 0.958. The summed E-state index contributed by atoms with van der Waals surface area (Å²) in [6.07, 6.45) is 19.7. The van der Waals surface area contributed by atoms with Crippen molar-refractivity contribution in [1.29, 1.82) is 0 Å². The van der Waals surface area contributed by atoms with E-state index in [0.717, 1.165) is 12.8 Å². The van der Waals surface area contributed by atoms with Crippen LogP contribution >= 0.6 is 0 Å². The number of carbonyl (C=O) groups is 1. The van der Waals surface area contributed by atoms with E-state index in [2.05, 4.69) is 6.92 Å². The van der Waals surface area contributed by atoms with Crippen LogP contribution in [0.1, 0.15) is 116 Å². The fourth-order valence-electron chi connectivity index (χ4n) is 2.78. The van der Waals surface area contributed by atoms with Gasteiger partial charge in [-0.3, -0.25) is 4.79 Å². The molecule has 0 aromatic rings. The number of aliphatic hydroxyl groups excluding tert-OH is 5. The highest BCUT2D eigenvalue weighted by atomic mass is 16.4. The molecule has 7 heteroatoms. The molecule has 0 aliphatic heterocycles. The summed E-state index contributed by atoms with van der Waals surface area (Å²) in [6, 6.07) is 0. The number of hydrogen-bond donors (Lipinski definition) is 6. The molecule has 31 heavy (non-hydrogen) atoms. The maximum absolute atomic E-state index is 10.3. The molecule has 0 aliphatic carbocycles. The summed E-state index contributed by atoms with van der Waals surface area (Å²) >= 11 is 0. The summed E-state index contributed by atoms with van der Waals surface area (Å²) < 4.78 is 0. The lowest BCUT2D eigenvalue weighted by Crippen LogP contribution is -2.15. The molecule has 0 heterocycles. The van der Waals surface area contributed by atoms with Crippen molar-refractivity contribution in [3.05, 3.63) is 0 Å². The zero-order valence-corrected chi connectivity index (χ0v) is 20.0. The number of rotatable bonds is 20. The molecule has 0 aromatic heterocycles. The van der Waals surface area contributed by atoms with Gasteiger partial charge in [0.1, 0.15) is 6.10 Å². The molecule has 0 rings (SSSR count). The minimum atomic E-state index is -0.954. The maximum atomic E-state index is 10.3. The monoisotopic (exact) mass is 452 g/mol. The first-order chi connectivity index (χ1) is 15.0. The molecule has 0 unspecified atom stereocenters. The molecule has 0 aromatic carbocycles. The third-order valence-electron chi connectivity index (χ3n) is 4.73. The van der Waals surface area contributed by atoms with Crippen molar-refractivity contribution in [3.8, 4) is 0 Å². The standard InChI is InChI=1S/C18H36O2.C3H8O3.C3H8O2/c1-2-3-4-5-6-7-8-9-10-11-12-13-14-15-16-17-18(19)20;4-1-3(6)2-5;4-2-1-3-5/h2-17H2,1H3,(H,19,20);3-6H,1-2H2;4-5H,1-3H2. The van der Waals surface area contributed by atoms with Crippen molar-refractivity contribution in [1.82, 2.24) is 0 Å². The van der Waals surface area contributed by atoms with Gasteiger partial charge in [0.25, 0.3) is 0 Å². The van der Waals surface area contributed by atoms with Crippen molar-refractivity contribution in [2.45, 2.75) is 122 Å². The van der Waals surface area contributed by atoms with Crippen LogP contribution in [0.3, 0.4) is 0 Å². The van der Waals surface area contributed by atoms with E-state index in [9.17, 15) is 4.79 Å². The number of carboxylic acid groups (broad SMARTS) is 1. The number of carboxylic acids is 1. The fourth-order valence-corrected chi connectivity index (χ4v) is 2.78. The summed E-state index contributed by atoms with van der Waals surface area (Å²) in [5.41, 5.74) is 0. The van der Waals surface area contributed by atoms with Crippen LogP contribution in [-0.2, 0) is 4.79 Å². The Bertz CT molecular complexity index is 308. The average molecular weight is 453 g/mol. The second-order valence-corrected chi connectivity index (χ2v) is 7.91. The lowest BCUT2D eigenvalue weighted by Gasteiger charge is -2.03. The first-order valence-electron chi connectivity index (χ1n) is 12.3. The maximum Gasteiger partial charge on any atom is 0.303 e. The van der Waals surface area contributed by atoms with Gasteiger partial charge in [0.15, 0.2) is 0 Å². The summed E-state index contributed by atoms with van der Waals surface area (Å²) in [7, 11) is 0. The van der Waals surface area contributed by atoms with E-state index < -0.39 is 12.1 Å². The lowest BCUT2D eigenvalue weighted by molar-refractivity contribution is -0.137. The predicted octanol–water partition coefficient (Wildman–Crippen LogP) is 4.03. The van der Waals surface area contributed by atoms with Crippen LogP contribution in [0, 0.1) is 0 Å². The average Bonchev–Trinajstić information content (AvgIpc) is 2.77. The van der Waals surface area contributed by atoms with E-state index in [1.165, 1.54) is 83.5 Å². The predicted molar refractivity (Wildman–Crippen MR) is 126 cm³/mol. The van der Waals surface area contributed by atoms with Gasteiger partial charge in [-0.05, 0) is 12.8 Å². The highest BCUT2D eigenvalue weighted by molar-refractivity contribution is 5.66. The molecule has 0 bridgehead atoms. The van der Waals surface area contributed by atoms with Gasteiger partial charge < -0.3 is 30.6 Å². The molecule has 0 amide bonds. The zero-order valence-electron chi connectivity index (χ0n) is 20.0. The third kappa shape index (κ3) is 43.9. The van der Waals surface area contributed by atoms with Crippen LogP contribution in [0.2, 0.25) is 0 Å². The number of aliphatic hydroxyl groups is 5. The highest BCUT2D eigenvalue weighted by Crippen LogP contribution is 2.13. The van der Waals surface area contributed by atoms with Gasteiger partial charge in [-0.2, -0.15) is 0 Å². The molecule has 190 valence electrons. The summed E-state index contributed by atoms with van der Waals surface area (Å²) in [5, 5.41) is 48.3. The highest BCUT2D eigenvalue weighted by Gasteiger charge is 1.97. The van der Waals surface area contributed by atoms with E-state index >= 15 is 0 Å². The van der Waals surface area contributed by atoms with Crippen molar-refractivity contribution in [2.24, 2.45) is 0 Å². The van der Waals surface area contributed by atoms with Gasteiger partial charge >= 0.3 is 5.97 Å². The summed E-state index contributed by atoms with van der Waals surface area (Å²) in [6.45, 7) is 1.73.